The Balaban J connectivity index is 1.67. The molecule has 1 aromatic carbocycles. The molecule has 0 amide bonds. The number of sulfone groups is 1. The van der Waals surface area contributed by atoms with Crippen LogP contribution in [0.25, 0.3) is 0 Å². The summed E-state index contributed by atoms with van der Waals surface area (Å²) >= 11 is 0. The SMILES string of the molecule is O=S1(=O)CCC(Nc2nncc(Nc3ccc(C(F)(F)F)cc3)n2)C1. The summed E-state index contributed by atoms with van der Waals surface area (Å²) in [5.74, 6) is 0.547. The number of alkyl halides is 3. The van der Waals surface area contributed by atoms with Crippen molar-refractivity contribution in [3.05, 3.63) is 36.0 Å². The molecule has 0 aliphatic carbocycles. The largest absolute Gasteiger partial charge is 0.416 e. The van der Waals surface area contributed by atoms with Crippen molar-refractivity contribution in [3.63, 3.8) is 0 Å². The predicted octanol–water partition coefficient (Wildman–Crippen LogP) is 2.23. The molecule has 2 N–H and O–H groups in total. The highest BCUT2D eigenvalue weighted by Gasteiger charge is 2.30. The van der Waals surface area contributed by atoms with Crippen LogP contribution in [0.3, 0.4) is 0 Å². The lowest BCUT2D eigenvalue weighted by atomic mass is 10.2. The molecule has 1 atom stereocenters. The summed E-state index contributed by atoms with van der Waals surface area (Å²) in [6, 6.07) is 4.19. The summed E-state index contributed by atoms with van der Waals surface area (Å²) in [5, 5.41) is 13.3. The van der Waals surface area contributed by atoms with Crippen LogP contribution in [0.5, 0.6) is 0 Å². The fourth-order valence-corrected chi connectivity index (χ4v) is 4.08. The van der Waals surface area contributed by atoms with Gasteiger partial charge >= 0.3 is 6.18 Å². The molecule has 1 aliphatic rings. The van der Waals surface area contributed by atoms with Gasteiger partial charge in [0.05, 0.1) is 23.3 Å². The van der Waals surface area contributed by atoms with Gasteiger partial charge in [-0.1, -0.05) is 0 Å². The van der Waals surface area contributed by atoms with Gasteiger partial charge in [0.25, 0.3) is 0 Å². The van der Waals surface area contributed by atoms with Crippen LogP contribution in [0, 0.1) is 0 Å². The minimum Gasteiger partial charge on any atom is -0.349 e. The summed E-state index contributed by atoms with van der Waals surface area (Å²) < 4.78 is 60.5. The molecule has 2 heterocycles. The minimum atomic E-state index is -4.40. The van der Waals surface area contributed by atoms with Crippen LogP contribution in [0.2, 0.25) is 0 Å². The van der Waals surface area contributed by atoms with Gasteiger partial charge in [0.2, 0.25) is 5.95 Å². The Kier molecular flexibility index (Phi) is 4.50. The van der Waals surface area contributed by atoms with E-state index in [1.807, 2.05) is 0 Å². The second-order valence-electron chi connectivity index (χ2n) is 5.61. The molecule has 11 heteroatoms. The molecule has 0 saturated carbocycles. The van der Waals surface area contributed by atoms with E-state index < -0.39 is 21.6 Å². The highest BCUT2D eigenvalue weighted by molar-refractivity contribution is 7.91. The van der Waals surface area contributed by atoms with Crippen LogP contribution in [-0.2, 0) is 16.0 Å². The van der Waals surface area contributed by atoms with E-state index >= 15 is 0 Å². The molecule has 0 radical (unpaired) electrons. The van der Waals surface area contributed by atoms with Crippen molar-refractivity contribution in [1.29, 1.82) is 0 Å². The first-order valence-corrected chi connectivity index (χ1v) is 9.14. The molecule has 3 rings (SSSR count). The molecule has 1 unspecified atom stereocenters. The highest BCUT2D eigenvalue weighted by Crippen LogP contribution is 2.30. The fraction of sp³-hybridized carbons (Fsp3) is 0.357. The molecular weight excluding hydrogens is 359 g/mol. The average Bonchev–Trinajstić information content (AvgIpc) is 2.86. The van der Waals surface area contributed by atoms with Gasteiger partial charge in [-0.05, 0) is 30.7 Å². The van der Waals surface area contributed by atoms with E-state index in [1.54, 1.807) is 0 Å². The van der Waals surface area contributed by atoms with Gasteiger partial charge < -0.3 is 10.6 Å². The monoisotopic (exact) mass is 373 g/mol. The normalized spacial score (nSPS) is 19.6. The van der Waals surface area contributed by atoms with Crippen LogP contribution in [0.15, 0.2) is 30.5 Å². The van der Waals surface area contributed by atoms with Gasteiger partial charge in [-0.25, -0.2) is 8.42 Å². The Bertz CT molecular complexity index is 856. The van der Waals surface area contributed by atoms with Gasteiger partial charge in [0.15, 0.2) is 15.7 Å². The lowest BCUT2D eigenvalue weighted by Crippen LogP contribution is -2.22. The van der Waals surface area contributed by atoms with E-state index in [-0.39, 0.29) is 29.3 Å². The van der Waals surface area contributed by atoms with Crippen molar-refractivity contribution in [2.75, 3.05) is 22.1 Å². The molecular formula is C14H14F3N5O2S. The molecule has 7 nitrogen and oxygen atoms in total. The van der Waals surface area contributed by atoms with Crippen LogP contribution in [0.4, 0.5) is 30.6 Å². The number of nitrogens with zero attached hydrogens (tertiary/aromatic N) is 3. The molecule has 1 aliphatic heterocycles. The van der Waals surface area contributed by atoms with E-state index in [0.717, 1.165) is 12.1 Å². The smallest absolute Gasteiger partial charge is 0.349 e. The summed E-state index contributed by atoms with van der Waals surface area (Å²) in [4.78, 5) is 4.14. The molecule has 25 heavy (non-hydrogen) atoms. The van der Waals surface area contributed by atoms with Gasteiger partial charge in [0, 0.05) is 11.7 Å². The van der Waals surface area contributed by atoms with Crippen molar-refractivity contribution >= 4 is 27.3 Å². The minimum absolute atomic E-state index is 0.00687. The molecule has 2 aromatic rings. The van der Waals surface area contributed by atoms with Crippen LogP contribution in [0.1, 0.15) is 12.0 Å². The fourth-order valence-electron chi connectivity index (χ4n) is 2.41. The molecule has 1 aromatic heterocycles. The third-order valence-corrected chi connectivity index (χ3v) is 5.38. The molecule has 1 saturated heterocycles. The standard InChI is InChI=1S/C14H14F3N5O2S/c15-14(16,17)9-1-3-10(4-2-9)19-12-7-18-22-13(21-12)20-11-5-6-25(23,24)8-11/h1-4,7,11H,5-6,8H2,(H2,19,20,21,22). The van der Waals surface area contributed by atoms with Gasteiger partial charge in [-0.3, -0.25) is 0 Å². The Morgan fingerprint density at radius 3 is 2.48 bits per heavy atom. The van der Waals surface area contributed by atoms with E-state index in [0.29, 0.717) is 12.1 Å². The van der Waals surface area contributed by atoms with Gasteiger partial charge in [0.1, 0.15) is 0 Å². The van der Waals surface area contributed by atoms with E-state index in [4.69, 9.17) is 0 Å². The predicted molar refractivity (Wildman–Crippen MR) is 85.2 cm³/mol. The van der Waals surface area contributed by atoms with Gasteiger partial charge in [-0.2, -0.15) is 23.3 Å². The lowest BCUT2D eigenvalue weighted by Gasteiger charge is -2.12. The summed E-state index contributed by atoms with van der Waals surface area (Å²) in [5.41, 5.74) is -0.341. The zero-order valence-corrected chi connectivity index (χ0v) is 13.6. The van der Waals surface area contributed by atoms with E-state index in [2.05, 4.69) is 25.8 Å². The zero-order chi connectivity index (χ0) is 18.1. The number of benzene rings is 1. The first-order valence-electron chi connectivity index (χ1n) is 7.32. The van der Waals surface area contributed by atoms with Gasteiger partial charge in [-0.15, -0.1) is 5.10 Å². The molecule has 0 spiro atoms. The molecule has 1 fully saturated rings. The lowest BCUT2D eigenvalue weighted by molar-refractivity contribution is -0.137. The number of hydrogen-bond donors (Lipinski definition) is 2. The van der Waals surface area contributed by atoms with Crippen LogP contribution in [-0.4, -0.2) is 41.1 Å². The zero-order valence-electron chi connectivity index (χ0n) is 12.8. The maximum absolute atomic E-state index is 12.5. The van der Waals surface area contributed by atoms with E-state index in [9.17, 15) is 21.6 Å². The van der Waals surface area contributed by atoms with Crippen LogP contribution >= 0.6 is 0 Å². The van der Waals surface area contributed by atoms with E-state index in [1.165, 1.54) is 18.3 Å². The third kappa shape index (κ3) is 4.56. The maximum atomic E-state index is 12.5. The number of nitrogens with one attached hydrogen (secondary N) is 2. The van der Waals surface area contributed by atoms with Crippen LogP contribution < -0.4 is 10.6 Å². The topological polar surface area (TPSA) is 96.9 Å². The first kappa shape index (κ1) is 17.4. The molecule has 134 valence electrons. The number of anilines is 3. The van der Waals surface area contributed by atoms with Crippen molar-refractivity contribution in [2.24, 2.45) is 0 Å². The third-order valence-electron chi connectivity index (χ3n) is 3.61. The summed E-state index contributed by atoms with van der Waals surface area (Å²) in [7, 11) is -3.04. The van der Waals surface area contributed by atoms with Crippen molar-refractivity contribution in [3.8, 4) is 0 Å². The Morgan fingerprint density at radius 2 is 1.88 bits per heavy atom. The number of rotatable bonds is 4. The second kappa shape index (κ2) is 6.47. The summed E-state index contributed by atoms with van der Waals surface area (Å²) in [6.07, 6.45) is -2.62. The second-order valence-corrected chi connectivity index (χ2v) is 7.84. The first-order chi connectivity index (χ1) is 11.7. The number of hydrogen-bond acceptors (Lipinski definition) is 7. The number of aromatic nitrogens is 3. The van der Waals surface area contributed by atoms with Crippen molar-refractivity contribution in [1.82, 2.24) is 15.2 Å². The number of halogens is 3. The van der Waals surface area contributed by atoms with Crippen molar-refractivity contribution < 1.29 is 21.6 Å². The van der Waals surface area contributed by atoms with Crippen molar-refractivity contribution in [2.45, 2.75) is 18.6 Å². The quantitative estimate of drug-likeness (QED) is 0.848. The Morgan fingerprint density at radius 1 is 1.16 bits per heavy atom. The Labute approximate surface area is 141 Å². The Hall–Kier alpha value is -2.43. The summed E-state index contributed by atoms with van der Waals surface area (Å²) in [6.45, 7) is 0. The molecule has 0 bridgehead atoms. The average molecular weight is 373 g/mol. The maximum Gasteiger partial charge on any atom is 0.416 e. The highest BCUT2D eigenvalue weighted by atomic mass is 32.2.